The fourth-order valence-corrected chi connectivity index (χ4v) is 4.92. The summed E-state index contributed by atoms with van der Waals surface area (Å²) in [6.45, 7) is 0. The number of Topliss-reactive ketones (excluding diaryl/α,β-unsaturated/α-hetero) is 1. The Morgan fingerprint density at radius 1 is 1.27 bits per heavy atom. The van der Waals surface area contributed by atoms with Crippen molar-refractivity contribution in [3.8, 4) is 0 Å². The lowest BCUT2D eigenvalue weighted by molar-refractivity contribution is 0.0945. The lowest BCUT2D eigenvalue weighted by Crippen LogP contribution is -2.09. The number of carbonyl (C=O) groups is 1. The van der Waals surface area contributed by atoms with Crippen LogP contribution in [0.3, 0.4) is 0 Å². The molecule has 1 heterocycles. The third-order valence-electron chi connectivity index (χ3n) is 4.84. The third kappa shape index (κ3) is 1.01. The fraction of sp³-hybridized carbons (Fsp3) is 0.615. The van der Waals surface area contributed by atoms with Crippen molar-refractivity contribution in [1.29, 1.82) is 0 Å². The van der Waals surface area contributed by atoms with Crippen LogP contribution in [0.1, 0.15) is 29.6 Å². The van der Waals surface area contributed by atoms with Crippen LogP contribution in [0.5, 0.6) is 0 Å². The highest BCUT2D eigenvalue weighted by Crippen LogP contribution is 2.69. The molecule has 0 spiro atoms. The van der Waals surface area contributed by atoms with Crippen LogP contribution >= 0.6 is 11.3 Å². The molecule has 78 valence electrons. The minimum atomic E-state index is 0.422. The van der Waals surface area contributed by atoms with Crippen molar-refractivity contribution in [3.63, 3.8) is 0 Å². The first kappa shape index (κ1) is 8.51. The van der Waals surface area contributed by atoms with E-state index in [4.69, 9.17) is 0 Å². The molecule has 0 N–H and O–H groups in total. The summed E-state index contributed by atoms with van der Waals surface area (Å²) in [5.41, 5.74) is 0.971. The van der Waals surface area contributed by atoms with E-state index in [1.54, 1.807) is 11.3 Å². The van der Waals surface area contributed by atoms with Crippen LogP contribution in [0, 0.1) is 29.6 Å². The highest BCUT2D eigenvalue weighted by Gasteiger charge is 2.67. The minimum Gasteiger partial charge on any atom is -0.294 e. The van der Waals surface area contributed by atoms with Crippen LogP contribution in [0.15, 0.2) is 16.8 Å². The second-order valence-corrected chi connectivity index (χ2v) is 6.17. The van der Waals surface area contributed by atoms with Crippen LogP contribution < -0.4 is 0 Å². The average Bonchev–Trinajstić information content (AvgIpc) is 2.70. The van der Waals surface area contributed by atoms with Crippen LogP contribution in [-0.4, -0.2) is 5.78 Å². The smallest absolute Gasteiger partial charge is 0.167 e. The maximum Gasteiger partial charge on any atom is 0.167 e. The van der Waals surface area contributed by atoms with Gasteiger partial charge in [0.1, 0.15) is 0 Å². The van der Waals surface area contributed by atoms with Gasteiger partial charge in [0, 0.05) is 16.9 Å². The zero-order valence-electron chi connectivity index (χ0n) is 8.56. The van der Waals surface area contributed by atoms with Crippen molar-refractivity contribution in [2.45, 2.75) is 19.3 Å². The third-order valence-corrected chi connectivity index (χ3v) is 5.53. The lowest BCUT2D eigenvalue weighted by Gasteiger charge is -2.06. The van der Waals surface area contributed by atoms with E-state index >= 15 is 0 Å². The van der Waals surface area contributed by atoms with Crippen molar-refractivity contribution in [2.75, 3.05) is 0 Å². The Hall–Kier alpha value is -0.630. The number of hydrogen-bond acceptors (Lipinski definition) is 2. The lowest BCUT2D eigenvalue weighted by atomic mass is 9.97. The first-order valence-electron chi connectivity index (χ1n) is 5.92. The molecule has 3 fully saturated rings. The SMILES string of the molecule is O=C(c1ccsc1)C1C2C3CCC(C3)C12. The molecule has 0 aliphatic heterocycles. The first-order chi connectivity index (χ1) is 7.36. The Morgan fingerprint density at radius 3 is 2.60 bits per heavy atom. The highest BCUT2D eigenvalue weighted by molar-refractivity contribution is 7.08. The van der Waals surface area contributed by atoms with Gasteiger partial charge >= 0.3 is 0 Å². The Balaban J connectivity index is 1.60. The van der Waals surface area contributed by atoms with Crippen molar-refractivity contribution >= 4 is 17.1 Å². The molecule has 1 nitrogen and oxygen atoms in total. The maximum atomic E-state index is 12.2. The zero-order chi connectivity index (χ0) is 9.99. The summed E-state index contributed by atoms with van der Waals surface area (Å²) < 4.78 is 0. The molecule has 0 radical (unpaired) electrons. The summed E-state index contributed by atoms with van der Waals surface area (Å²) in [6, 6.07) is 1.99. The summed E-state index contributed by atoms with van der Waals surface area (Å²) in [5.74, 6) is 4.26. The molecule has 0 saturated heterocycles. The molecule has 4 unspecified atom stereocenters. The van der Waals surface area contributed by atoms with Gasteiger partial charge in [-0.05, 0) is 54.4 Å². The average molecular weight is 218 g/mol. The normalized spacial score (nSPS) is 45.5. The molecule has 4 atom stereocenters. The van der Waals surface area contributed by atoms with Gasteiger partial charge in [-0.1, -0.05) is 0 Å². The van der Waals surface area contributed by atoms with E-state index in [1.807, 2.05) is 16.8 Å². The molecule has 0 amide bonds. The Morgan fingerprint density at radius 2 is 2.00 bits per heavy atom. The van der Waals surface area contributed by atoms with E-state index in [9.17, 15) is 4.79 Å². The molecule has 3 aliphatic rings. The van der Waals surface area contributed by atoms with Gasteiger partial charge < -0.3 is 0 Å². The molecule has 1 aromatic heterocycles. The van der Waals surface area contributed by atoms with Gasteiger partial charge in [-0.15, -0.1) is 0 Å². The summed E-state index contributed by atoms with van der Waals surface area (Å²) in [4.78, 5) is 12.2. The van der Waals surface area contributed by atoms with Crippen molar-refractivity contribution in [3.05, 3.63) is 22.4 Å². The van der Waals surface area contributed by atoms with Crippen molar-refractivity contribution < 1.29 is 4.79 Å². The van der Waals surface area contributed by atoms with E-state index in [1.165, 1.54) is 19.3 Å². The van der Waals surface area contributed by atoms with E-state index in [2.05, 4.69) is 0 Å². The zero-order valence-corrected chi connectivity index (χ0v) is 9.37. The van der Waals surface area contributed by atoms with Gasteiger partial charge in [-0.3, -0.25) is 4.79 Å². The molecule has 15 heavy (non-hydrogen) atoms. The summed E-state index contributed by atoms with van der Waals surface area (Å²) >= 11 is 1.64. The molecule has 1 aromatic rings. The van der Waals surface area contributed by atoms with Gasteiger partial charge in [-0.25, -0.2) is 0 Å². The molecule has 4 rings (SSSR count). The Labute approximate surface area is 93.5 Å². The number of carbonyl (C=O) groups excluding carboxylic acids is 1. The maximum absolute atomic E-state index is 12.2. The minimum absolute atomic E-state index is 0.422. The van der Waals surface area contributed by atoms with Crippen LogP contribution in [0.4, 0.5) is 0 Å². The van der Waals surface area contributed by atoms with Crippen molar-refractivity contribution in [2.24, 2.45) is 29.6 Å². The molecule has 0 aromatic carbocycles. The van der Waals surface area contributed by atoms with Gasteiger partial charge in [-0.2, -0.15) is 11.3 Å². The largest absolute Gasteiger partial charge is 0.294 e. The van der Waals surface area contributed by atoms with Gasteiger partial charge in [0.25, 0.3) is 0 Å². The number of ketones is 1. The van der Waals surface area contributed by atoms with E-state index in [0.29, 0.717) is 11.7 Å². The van der Waals surface area contributed by atoms with Gasteiger partial charge in [0.05, 0.1) is 0 Å². The molecule has 2 heteroatoms. The van der Waals surface area contributed by atoms with Crippen LogP contribution in [-0.2, 0) is 0 Å². The van der Waals surface area contributed by atoms with E-state index < -0.39 is 0 Å². The standard InChI is InChI=1S/C13H14OS/c14-13(9-3-4-15-6-9)12-10-7-1-2-8(5-7)11(10)12/h3-4,6-8,10-12H,1-2,5H2. The van der Waals surface area contributed by atoms with Crippen molar-refractivity contribution in [1.82, 2.24) is 0 Å². The van der Waals surface area contributed by atoms with Gasteiger partial charge in [0.2, 0.25) is 0 Å². The summed E-state index contributed by atoms with van der Waals surface area (Å²) in [7, 11) is 0. The number of rotatable bonds is 2. The molecule has 3 aliphatic carbocycles. The predicted molar refractivity (Wildman–Crippen MR) is 60.0 cm³/mol. The number of hydrogen-bond donors (Lipinski definition) is 0. The molecule has 3 saturated carbocycles. The number of fused-ring (bicyclic) bond motifs is 5. The highest BCUT2D eigenvalue weighted by atomic mass is 32.1. The summed E-state index contributed by atoms with van der Waals surface area (Å²) in [5, 5.41) is 4.03. The van der Waals surface area contributed by atoms with E-state index in [-0.39, 0.29) is 0 Å². The molecular formula is C13H14OS. The summed E-state index contributed by atoms with van der Waals surface area (Å²) in [6.07, 6.45) is 4.24. The van der Waals surface area contributed by atoms with Crippen LogP contribution in [0.25, 0.3) is 0 Å². The monoisotopic (exact) mass is 218 g/mol. The Kier molecular flexibility index (Phi) is 1.55. The van der Waals surface area contributed by atoms with E-state index in [0.717, 1.165) is 29.2 Å². The Bertz CT molecular complexity index is 392. The van der Waals surface area contributed by atoms with Gasteiger partial charge in [0.15, 0.2) is 5.78 Å². The van der Waals surface area contributed by atoms with Crippen LogP contribution in [0.2, 0.25) is 0 Å². The molecular weight excluding hydrogens is 204 g/mol. The number of thiophene rings is 1. The molecule has 2 bridgehead atoms. The topological polar surface area (TPSA) is 17.1 Å². The quantitative estimate of drug-likeness (QED) is 0.697. The fourth-order valence-electron chi connectivity index (χ4n) is 4.27. The second kappa shape index (κ2) is 2.73. The second-order valence-electron chi connectivity index (χ2n) is 5.39. The first-order valence-corrected chi connectivity index (χ1v) is 6.87. The predicted octanol–water partition coefficient (Wildman–Crippen LogP) is 3.22.